The molecular weight excluding hydrogens is 252 g/mol. The van der Waals surface area contributed by atoms with E-state index in [1.807, 2.05) is 61.9 Å². The fourth-order valence-corrected chi connectivity index (χ4v) is 2.30. The smallest absolute Gasteiger partial charge is 0.242 e. The molecule has 1 aromatic carbocycles. The van der Waals surface area contributed by atoms with Gasteiger partial charge in [0.05, 0.1) is 12.6 Å². The summed E-state index contributed by atoms with van der Waals surface area (Å²) in [6, 6.07) is 7.71. The summed E-state index contributed by atoms with van der Waals surface area (Å²) in [5, 5.41) is 10.1. The van der Waals surface area contributed by atoms with Crippen LogP contribution in [0.1, 0.15) is 38.9 Å². The number of hydrogen-bond acceptors (Lipinski definition) is 3. The van der Waals surface area contributed by atoms with E-state index in [9.17, 15) is 9.90 Å². The Kier molecular flexibility index (Phi) is 6.52. The molecular formula is C16H26N2O2. The topological polar surface area (TPSA) is 43.8 Å². The van der Waals surface area contributed by atoms with Crippen LogP contribution >= 0.6 is 0 Å². The maximum Gasteiger partial charge on any atom is 0.242 e. The summed E-state index contributed by atoms with van der Waals surface area (Å²) < 4.78 is 0. The quantitative estimate of drug-likeness (QED) is 0.833. The minimum atomic E-state index is -0.489. The van der Waals surface area contributed by atoms with Gasteiger partial charge in [0.1, 0.15) is 0 Å². The number of benzene rings is 1. The zero-order chi connectivity index (χ0) is 15.1. The lowest BCUT2D eigenvalue weighted by atomic mass is 10.0. The molecule has 20 heavy (non-hydrogen) atoms. The van der Waals surface area contributed by atoms with Crippen molar-refractivity contribution in [1.82, 2.24) is 4.90 Å². The molecule has 1 rings (SSSR count). The lowest BCUT2D eigenvalue weighted by Gasteiger charge is -2.27. The Morgan fingerprint density at radius 2 is 1.80 bits per heavy atom. The van der Waals surface area contributed by atoms with Gasteiger partial charge in [0.25, 0.3) is 0 Å². The summed E-state index contributed by atoms with van der Waals surface area (Å²) in [5.41, 5.74) is 1.80. The second kappa shape index (κ2) is 7.90. The fraction of sp³-hybridized carbons (Fsp3) is 0.562. The summed E-state index contributed by atoms with van der Waals surface area (Å²) in [4.78, 5) is 15.9. The van der Waals surface area contributed by atoms with Crippen LogP contribution in [0, 0.1) is 0 Å². The van der Waals surface area contributed by atoms with Gasteiger partial charge < -0.3 is 14.9 Å². The first-order chi connectivity index (χ1) is 9.54. The SMILES string of the molecule is CC[C@@H](O)c1ccccc1N(C)CC(=O)N(CC)CC. The number of hydrogen-bond donors (Lipinski definition) is 1. The highest BCUT2D eigenvalue weighted by atomic mass is 16.3. The Morgan fingerprint density at radius 3 is 2.35 bits per heavy atom. The van der Waals surface area contributed by atoms with Gasteiger partial charge in [0.2, 0.25) is 5.91 Å². The molecule has 112 valence electrons. The first kappa shape index (κ1) is 16.5. The zero-order valence-corrected chi connectivity index (χ0v) is 13.0. The number of para-hydroxylation sites is 1. The van der Waals surface area contributed by atoms with Crippen LogP contribution in [0.15, 0.2) is 24.3 Å². The molecule has 0 aromatic heterocycles. The van der Waals surface area contributed by atoms with Crippen molar-refractivity contribution in [3.05, 3.63) is 29.8 Å². The first-order valence-corrected chi connectivity index (χ1v) is 7.30. The van der Waals surface area contributed by atoms with Crippen molar-refractivity contribution < 1.29 is 9.90 Å². The first-order valence-electron chi connectivity index (χ1n) is 7.30. The van der Waals surface area contributed by atoms with Crippen LogP contribution in [-0.2, 0) is 4.79 Å². The molecule has 1 N–H and O–H groups in total. The molecule has 1 amide bonds. The van der Waals surface area contributed by atoms with Crippen LogP contribution < -0.4 is 4.90 Å². The molecule has 0 radical (unpaired) electrons. The summed E-state index contributed by atoms with van der Waals surface area (Å²) in [7, 11) is 1.89. The number of carbonyl (C=O) groups excluding carboxylic acids is 1. The van der Waals surface area contributed by atoms with E-state index in [1.54, 1.807) is 0 Å². The molecule has 0 saturated heterocycles. The molecule has 4 nitrogen and oxygen atoms in total. The predicted octanol–water partition coefficient (Wildman–Crippen LogP) is 2.43. The van der Waals surface area contributed by atoms with Gasteiger partial charge in [-0.2, -0.15) is 0 Å². The highest BCUT2D eigenvalue weighted by Gasteiger charge is 2.17. The maximum atomic E-state index is 12.2. The molecule has 0 spiro atoms. The van der Waals surface area contributed by atoms with Crippen molar-refractivity contribution in [2.75, 3.05) is 31.6 Å². The number of aliphatic hydroxyl groups excluding tert-OH is 1. The van der Waals surface area contributed by atoms with Gasteiger partial charge in [-0.3, -0.25) is 4.79 Å². The lowest BCUT2D eigenvalue weighted by Crippen LogP contribution is -2.39. The number of carbonyl (C=O) groups is 1. The number of aliphatic hydroxyl groups is 1. The van der Waals surface area contributed by atoms with Crippen LogP contribution in [0.25, 0.3) is 0 Å². The monoisotopic (exact) mass is 278 g/mol. The van der Waals surface area contributed by atoms with Crippen LogP contribution in [0.4, 0.5) is 5.69 Å². The molecule has 1 aromatic rings. The van der Waals surface area contributed by atoms with Crippen molar-refractivity contribution >= 4 is 11.6 Å². The average molecular weight is 278 g/mol. The number of anilines is 1. The van der Waals surface area contributed by atoms with Gasteiger partial charge in [-0.05, 0) is 26.3 Å². The molecule has 4 heteroatoms. The molecule has 1 atom stereocenters. The van der Waals surface area contributed by atoms with Gasteiger partial charge in [-0.1, -0.05) is 25.1 Å². The van der Waals surface area contributed by atoms with E-state index >= 15 is 0 Å². The zero-order valence-electron chi connectivity index (χ0n) is 13.0. The van der Waals surface area contributed by atoms with E-state index in [1.165, 1.54) is 0 Å². The third-order valence-corrected chi connectivity index (χ3v) is 3.58. The fourth-order valence-electron chi connectivity index (χ4n) is 2.30. The van der Waals surface area contributed by atoms with Crippen LogP contribution in [-0.4, -0.2) is 42.6 Å². The van der Waals surface area contributed by atoms with Crippen LogP contribution in [0.5, 0.6) is 0 Å². The Bertz CT molecular complexity index is 430. The second-order valence-electron chi connectivity index (χ2n) is 4.90. The Labute approximate surface area is 122 Å². The molecule has 0 unspecified atom stereocenters. The molecule has 0 saturated carbocycles. The summed E-state index contributed by atoms with van der Waals surface area (Å²) in [6.45, 7) is 7.69. The Balaban J connectivity index is 2.87. The van der Waals surface area contributed by atoms with Gasteiger partial charge in [0, 0.05) is 31.4 Å². The molecule has 0 fully saturated rings. The van der Waals surface area contributed by atoms with E-state index < -0.39 is 6.10 Å². The standard InChI is InChI=1S/C16H26N2O2/c1-5-15(19)13-10-8-9-11-14(13)17(4)12-16(20)18(6-2)7-3/h8-11,15,19H,5-7,12H2,1-4H3/t15-/m1/s1. The van der Waals surface area contributed by atoms with Crippen molar-refractivity contribution in [1.29, 1.82) is 0 Å². The van der Waals surface area contributed by atoms with Crippen molar-refractivity contribution in [2.24, 2.45) is 0 Å². The van der Waals surface area contributed by atoms with E-state index in [0.29, 0.717) is 13.0 Å². The number of nitrogens with zero attached hydrogens (tertiary/aromatic N) is 2. The van der Waals surface area contributed by atoms with Crippen LogP contribution in [0.3, 0.4) is 0 Å². The van der Waals surface area contributed by atoms with Crippen molar-refractivity contribution in [2.45, 2.75) is 33.3 Å². The van der Waals surface area contributed by atoms with E-state index in [-0.39, 0.29) is 5.91 Å². The van der Waals surface area contributed by atoms with Gasteiger partial charge >= 0.3 is 0 Å². The largest absolute Gasteiger partial charge is 0.388 e. The highest BCUT2D eigenvalue weighted by Crippen LogP contribution is 2.27. The Morgan fingerprint density at radius 1 is 1.20 bits per heavy atom. The van der Waals surface area contributed by atoms with E-state index in [4.69, 9.17) is 0 Å². The van der Waals surface area contributed by atoms with Crippen molar-refractivity contribution in [3.63, 3.8) is 0 Å². The average Bonchev–Trinajstić information content (AvgIpc) is 2.47. The third kappa shape index (κ3) is 3.97. The second-order valence-corrected chi connectivity index (χ2v) is 4.90. The molecule has 0 aliphatic heterocycles. The van der Waals surface area contributed by atoms with E-state index in [0.717, 1.165) is 24.3 Å². The number of amides is 1. The predicted molar refractivity (Wildman–Crippen MR) is 82.9 cm³/mol. The normalized spacial score (nSPS) is 12.1. The Hall–Kier alpha value is -1.55. The lowest BCUT2D eigenvalue weighted by molar-refractivity contribution is -0.129. The summed E-state index contributed by atoms with van der Waals surface area (Å²) >= 11 is 0. The summed E-state index contributed by atoms with van der Waals surface area (Å²) in [5.74, 6) is 0.110. The number of rotatable bonds is 7. The third-order valence-electron chi connectivity index (χ3n) is 3.58. The van der Waals surface area contributed by atoms with Gasteiger partial charge in [-0.15, -0.1) is 0 Å². The molecule has 0 aliphatic carbocycles. The minimum Gasteiger partial charge on any atom is -0.388 e. The van der Waals surface area contributed by atoms with Gasteiger partial charge in [0.15, 0.2) is 0 Å². The van der Waals surface area contributed by atoms with Crippen molar-refractivity contribution in [3.8, 4) is 0 Å². The molecule has 0 heterocycles. The van der Waals surface area contributed by atoms with Gasteiger partial charge in [-0.25, -0.2) is 0 Å². The molecule has 0 bridgehead atoms. The number of likely N-dealkylation sites (N-methyl/N-ethyl adjacent to an activating group) is 2. The summed E-state index contributed by atoms with van der Waals surface area (Å²) in [6.07, 6.45) is 0.173. The maximum absolute atomic E-state index is 12.2. The molecule has 0 aliphatic rings. The van der Waals surface area contributed by atoms with E-state index in [2.05, 4.69) is 0 Å². The van der Waals surface area contributed by atoms with Crippen LogP contribution in [0.2, 0.25) is 0 Å². The highest BCUT2D eigenvalue weighted by molar-refractivity contribution is 5.81. The minimum absolute atomic E-state index is 0.110.